The minimum absolute atomic E-state index is 0.182. The van der Waals surface area contributed by atoms with Gasteiger partial charge < -0.3 is 10.1 Å². The van der Waals surface area contributed by atoms with E-state index in [1.807, 2.05) is 36.4 Å². The summed E-state index contributed by atoms with van der Waals surface area (Å²) >= 11 is 3.31. The number of carbonyl (C=O) groups is 2. The molecule has 0 radical (unpaired) electrons. The van der Waals surface area contributed by atoms with Crippen molar-refractivity contribution in [3.63, 3.8) is 0 Å². The highest BCUT2D eigenvalue weighted by atomic mass is 127. The summed E-state index contributed by atoms with van der Waals surface area (Å²) in [6.45, 7) is -0.181. The van der Waals surface area contributed by atoms with E-state index in [0.717, 1.165) is 26.0 Å². The number of benzene rings is 2. The Morgan fingerprint density at radius 2 is 1.85 bits per heavy atom. The highest BCUT2D eigenvalue weighted by Gasteiger charge is 2.38. The van der Waals surface area contributed by atoms with E-state index in [9.17, 15) is 18.0 Å². The smallest absolute Gasteiger partial charge is 0.308 e. The first-order chi connectivity index (χ1) is 15.8. The molecular formula is C23H21IN2O5S2. The topological polar surface area (TPSA) is 92.8 Å². The molecule has 0 bridgehead atoms. The number of nitrogens with one attached hydrogen (secondary N) is 1. The average Bonchev–Trinajstić information content (AvgIpc) is 3.35. The minimum atomic E-state index is -3.77. The maximum absolute atomic E-state index is 13.3. The number of rotatable bonds is 7. The molecule has 10 heteroatoms. The fraction of sp³-hybridized carbons (Fsp3) is 0.217. The summed E-state index contributed by atoms with van der Waals surface area (Å²) in [5, 5.41) is 4.38. The summed E-state index contributed by atoms with van der Waals surface area (Å²) in [6.07, 6.45) is 0.378. The Labute approximate surface area is 210 Å². The molecule has 0 saturated heterocycles. The van der Waals surface area contributed by atoms with E-state index in [1.54, 1.807) is 29.6 Å². The molecule has 3 aromatic rings. The van der Waals surface area contributed by atoms with Crippen molar-refractivity contribution in [3.05, 3.63) is 80.7 Å². The summed E-state index contributed by atoms with van der Waals surface area (Å²) in [6, 6.07) is 17.3. The van der Waals surface area contributed by atoms with Crippen molar-refractivity contribution in [1.29, 1.82) is 0 Å². The highest BCUT2D eigenvalue weighted by Crippen LogP contribution is 2.37. The van der Waals surface area contributed by atoms with E-state index in [4.69, 9.17) is 4.74 Å². The highest BCUT2D eigenvalue weighted by molar-refractivity contribution is 14.1. The van der Waals surface area contributed by atoms with Gasteiger partial charge in [-0.25, -0.2) is 8.42 Å². The molecule has 0 saturated carbocycles. The van der Waals surface area contributed by atoms with Gasteiger partial charge in [-0.2, -0.15) is 4.31 Å². The van der Waals surface area contributed by atoms with Gasteiger partial charge in [0.1, 0.15) is 4.21 Å². The van der Waals surface area contributed by atoms with Gasteiger partial charge in [-0.1, -0.05) is 30.3 Å². The monoisotopic (exact) mass is 596 g/mol. The van der Waals surface area contributed by atoms with Crippen LogP contribution in [0.2, 0.25) is 0 Å². The fourth-order valence-corrected chi connectivity index (χ4v) is 6.83. The molecule has 1 amide bonds. The van der Waals surface area contributed by atoms with Gasteiger partial charge in [-0.15, -0.1) is 11.3 Å². The number of hydrogen-bond acceptors (Lipinski definition) is 6. The van der Waals surface area contributed by atoms with E-state index in [1.165, 1.54) is 4.31 Å². The molecule has 1 aromatic heterocycles. The number of thiophene rings is 1. The molecule has 4 rings (SSSR count). The molecule has 33 heavy (non-hydrogen) atoms. The van der Waals surface area contributed by atoms with Gasteiger partial charge in [0.2, 0.25) is 0 Å². The number of hydrogen-bond donors (Lipinski definition) is 1. The Kier molecular flexibility index (Phi) is 7.47. The number of halogens is 1. The molecule has 0 aliphatic carbocycles. The van der Waals surface area contributed by atoms with Crippen LogP contribution in [0.4, 0.5) is 5.69 Å². The summed E-state index contributed by atoms with van der Waals surface area (Å²) < 4.78 is 34.4. The van der Waals surface area contributed by atoms with E-state index < -0.39 is 34.5 Å². The van der Waals surface area contributed by atoms with E-state index in [0.29, 0.717) is 12.1 Å². The molecule has 0 spiro atoms. The van der Waals surface area contributed by atoms with E-state index >= 15 is 0 Å². The molecule has 0 fully saturated rings. The van der Waals surface area contributed by atoms with Gasteiger partial charge in [0.15, 0.2) is 6.61 Å². The molecule has 1 aliphatic rings. The van der Waals surface area contributed by atoms with Gasteiger partial charge in [0, 0.05) is 15.8 Å². The van der Waals surface area contributed by atoms with Crippen LogP contribution in [0.25, 0.3) is 0 Å². The first kappa shape index (κ1) is 23.9. The third kappa shape index (κ3) is 5.62. The van der Waals surface area contributed by atoms with Crippen LogP contribution in [0.15, 0.2) is 70.3 Å². The maximum atomic E-state index is 13.3. The van der Waals surface area contributed by atoms with Crippen molar-refractivity contribution in [3.8, 4) is 0 Å². The number of anilines is 1. The first-order valence-corrected chi connectivity index (χ1v) is 13.6. The fourth-order valence-electron chi connectivity index (χ4n) is 3.75. The van der Waals surface area contributed by atoms with Gasteiger partial charge in [-0.05, 0) is 75.9 Å². The lowest BCUT2D eigenvalue weighted by atomic mass is 9.92. The predicted molar refractivity (Wildman–Crippen MR) is 134 cm³/mol. The van der Waals surface area contributed by atoms with Crippen molar-refractivity contribution in [1.82, 2.24) is 4.31 Å². The number of carbonyl (C=O) groups excluding carboxylic acids is 2. The van der Waals surface area contributed by atoms with Crippen molar-refractivity contribution in [2.75, 3.05) is 18.5 Å². The number of amides is 1. The molecule has 1 N–H and O–H groups in total. The molecular weight excluding hydrogens is 575 g/mol. The Hall–Kier alpha value is -2.28. The normalized spacial score (nSPS) is 16.1. The molecule has 2 heterocycles. The zero-order valence-electron chi connectivity index (χ0n) is 17.4. The zero-order chi connectivity index (χ0) is 23.4. The zero-order valence-corrected chi connectivity index (χ0v) is 21.2. The third-order valence-corrected chi connectivity index (χ3v) is 9.27. The van der Waals surface area contributed by atoms with Crippen molar-refractivity contribution >= 4 is 61.5 Å². The SMILES string of the molecule is O=C(COC(=O)C[C@@H]1c2ccccc2CCN1S(=O)(=O)c1cccs1)Nc1ccc(I)cc1. The summed E-state index contributed by atoms with van der Waals surface area (Å²) in [5.41, 5.74) is 2.39. The number of ether oxygens (including phenoxy) is 1. The summed E-state index contributed by atoms with van der Waals surface area (Å²) in [5.74, 6) is -1.10. The van der Waals surface area contributed by atoms with Crippen LogP contribution in [0.1, 0.15) is 23.6 Å². The van der Waals surface area contributed by atoms with Crippen LogP contribution in [0.5, 0.6) is 0 Å². The lowest BCUT2D eigenvalue weighted by Crippen LogP contribution is -2.41. The molecule has 1 aliphatic heterocycles. The lowest BCUT2D eigenvalue weighted by Gasteiger charge is -2.35. The van der Waals surface area contributed by atoms with Gasteiger partial charge in [-0.3, -0.25) is 9.59 Å². The number of esters is 1. The number of sulfonamides is 1. The van der Waals surface area contributed by atoms with Crippen molar-refractivity contribution in [2.24, 2.45) is 0 Å². The van der Waals surface area contributed by atoms with Crippen LogP contribution in [0, 0.1) is 3.57 Å². The molecule has 1 atom stereocenters. The number of fused-ring (bicyclic) bond motifs is 1. The second-order valence-electron chi connectivity index (χ2n) is 7.43. The molecule has 2 aromatic carbocycles. The quantitative estimate of drug-likeness (QED) is 0.326. The first-order valence-electron chi connectivity index (χ1n) is 10.2. The Morgan fingerprint density at radius 1 is 1.09 bits per heavy atom. The maximum Gasteiger partial charge on any atom is 0.308 e. The van der Waals surface area contributed by atoms with Crippen LogP contribution < -0.4 is 5.32 Å². The standard InChI is InChI=1S/C23H21IN2O5S2/c24-17-7-9-18(10-8-17)25-21(27)15-31-22(28)14-20-19-5-2-1-4-16(19)11-12-26(20)33(29,30)23-6-3-13-32-23/h1-10,13,20H,11-12,14-15H2,(H,25,27)/t20-/m1/s1. The minimum Gasteiger partial charge on any atom is -0.456 e. The lowest BCUT2D eigenvalue weighted by molar-refractivity contribution is -0.148. The second kappa shape index (κ2) is 10.3. The van der Waals surface area contributed by atoms with Crippen LogP contribution in [0.3, 0.4) is 0 Å². The van der Waals surface area contributed by atoms with Crippen molar-refractivity contribution < 1.29 is 22.7 Å². The average molecular weight is 596 g/mol. The van der Waals surface area contributed by atoms with E-state index in [2.05, 4.69) is 27.9 Å². The van der Waals surface area contributed by atoms with E-state index in [-0.39, 0.29) is 17.2 Å². The van der Waals surface area contributed by atoms with Gasteiger partial charge in [0.25, 0.3) is 15.9 Å². The predicted octanol–water partition coefficient (Wildman–Crippen LogP) is 4.21. The van der Waals surface area contributed by atoms with Crippen LogP contribution in [-0.2, 0) is 30.8 Å². The second-order valence-corrected chi connectivity index (χ2v) is 11.7. The Bertz CT molecular complexity index is 1240. The van der Waals surface area contributed by atoms with Gasteiger partial charge >= 0.3 is 5.97 Å². The van der Waals surface area contributed by atoms with Crippen LogP contribution in [-0.4, -0.2) is 37.8 Å². The van der Waals surface area contributed by atoms with Gasteiger partial charge in [0.05, 0.1) is 12.5 Å². The van der Waals surface area contributed by atoms with Crippen molar-refractivity contribution in [2.45, 2.75) is 23.1 Å². The Morgan fingerprint density at radius 3 is 2.58 bits per heavy atom. The van der Waals surface area contributed by atoms with Crippen LogP contribution >= 0.6 is 33.9 Å². The molecule has 172 valence electrons. The third-order valence-electron chi connectivity index (χ3n) is 5.27. The molecule has 7 nitrogen and oxygen atoms in total. The summed E-state index contributed by atoms with van der Waals surface area (Å²) in [7, 11) is -3.77. The summed E-state index contributed by atoms with van der Waals surface area (Å²) in [4.78, 5) is 24.8. The number of nitrogens with zero attached hydrogens (tertiary/aromatic N) is 1. The molecule has 0 unspecified atom stereocenters. The Balaban J connectivity index is 1.46. The largest absolute Gasteiger partial charge is 0.456 e.